The minimum absolute atomic E-state index is 0.0690. The Morgan fingerprint density at radius 2 is 1.95 bits per heavy atom. The summed E-state index contributed by atoms with van der Waals surface area (Å²) in [4.78, 5) is 4.74. The third-order valence-electron chi connectivity index (χ3n) is 3.75. The van der Waals surface area contributed by atoms with E-state index in [1.807, 2.05) is 6.92 Å². The average Bonchev–Trinajstić information content (AvgIpc) is 2.69. The molecule has 0 N–H and O–H groups in total. The van der Waals surface area contributed by atoms with Crippen molar-refractivity contribution in [2.75, 3.05) is 0 Å². The first-order valence-corrected chi connectivity index (χ1v) is 7.51. The number of aryl methyl sites for hydroxylation is 1. The van der Waals surface area contributed by atoms with Crippen molar-refractivity contribution in [2.45, 2.75) is 52.5 Å². The molecule has 0 spiro atoms. The zero-order chi connectivity index (χ0) is 14.2. The van der Waals surface area contributed by atoms with Gasteiger partial charge in [0.1, 0.15) is 5.82 Å². The largest absolute Gasteiger partial charge is 0.323 e. The molecule has 0 bridgehead atoms. The molecule has 0 saturated heterocycles. The van der Waals surface area contributed by atoms with E-state index < -0.39 is 0 Å². The maximum atomic E-state index is 6.34. The molecule has 2 nitrogen and oxygen atoms in total. The van der Waals surface area contributed by atoms with E-state index in [9.17, 15) is 0 Å². The van der Waals surface area contributed by atoms with Gasteiger partial charge in [-0.2, -0.15) is 0 Å². The zero-order valence-electron chi connectivity index (χ0n) is 12.4. The molecule has 1 aromatic carbocycles. The van der Waals surface area contributed by atoms with E-state index >= 15 is 0 Å². The minimum atomic E-state index is -0.0690. The van der Waals surface area contributed by atoms with Crippen LogP contribution in [-0.2, 0) is 0 Å². The fourth-order valence-electron chi connectivity index (χ4n) is 2.80. The fourth-order valence-corrected chi connectivity index (χ4v) is 2.96. The van der Waals surface area contributed by atoms with Crippen molar-refractivity contribution in [1.82, 2.24) is 9.55 Å². The van der Waals surface area contributed by atoms with Gasteiger partial charge in [-0.15, -0.1) is 11.6 Å². The predicted octanol–water partition coefficient (Wildman–Crippen LogP) is 5.25. The number of halogens is 1. The molecular formula is C16H23ClN2. The lowest BCUT2D eigenvalue weighted by Gasteiger charge is -2.24. The number of fused-ring (bicyclic) bond motifs is 1. The average molecular weight is 279 g/mol. The molecule has 0 aliphatic carbocycles. The van der Waals surface area contributed by atoms with Gasteiger partial charge in [-0.25, -0.2) is 4.98 Å². The van der Waals surface area contributed by atoms with E-state index in [0.717, 1.165) is 17.8 Å². The van der Waals surface area contributed by atoms with Gasteiger partial charge in [0.15, 0.2) is 0 Å². The Morgan fingerprint density at radius 1 is 1.26 bits per heavy atom. The minimum Gasteiger partial charge on any atom is -0.323 e. The lowest BCUT2D eigenvalue weighted by atomic mass is 10.0. The van der Waals surface area contributed by atoms with Crippen LogP contribution in [0.15, 0.2) is 18.2 Å². The number of benzene rings is 1. The van der Waals surface area contributed by atoms with Crippen molar-refractivity contribution < 1.29 is 0 Å². The molecule has 0 amide bonds. The van der Waals surface area contributed by atoms with E-state index in [4.69, 9.17) is 16.6 Å². The Morgan fingerprint density at radius 3 is 2.47 bits per heavy atom. The fraction of sp³-hybridized carbons (Fsp3) is 0.562. The maximum absolute atomic E-state index is 6.34. The van der Waals surface area contributed by atoms with Crippen LogP contribution in [0.4, 0.5) is 0 Å². The molecule has 2 unspecified atom stereocenters. The number of aromatic nitrogens is 2. The Balaban J connectivity index is 2.73. The van der Waals surface area contributed by atoms with Crippen LogP contribution in [0.2, 0.25) is 0 Å². The third-order valence-corrected chi connectivity index (χ3v) is 3.94. The van der Waals surface area contributed by atoms with Crippen molar-refractivity contribution in [2.24, 2.45) is 5.92 Å². The molecule has 19 heavy (non-hydrogen) atoms. The van der Waals surface area contributed by atoms with E-state index in [0.29, 0.717) is 12.0 Å². The van der Waals surface area contributed by atoms with Gasteiger partial charge < -0.3 is 4.57 Å². The summed E-state index contributed by atoms with van der Waals surface area (Å²) in [6.45, 7) is 10.9. The number of rotatable bonds is 4. The molecule has 0 saturated carbocycles. The summed E-state index contributed by atoms with van der Waals surface area (Å²) in [5, 5.41) is -0.0690. The normalized spacial score (nSPS) is 15.1. The molecule has 104 valence electrons. The predicted molar refractivity (Wildman–Crippen MR) is 82.9 cm³/mol. The first-order chi connectivity index (χ1) is 8.95. The lowest BCUT2D eigenvalue weighted by Crippen LogP contribution is -2.17. The molecule has 1 heterocycles. The van der Waals surface area contributed by atoms with Crippen LogP contribution in [0.1, 0.15) is 56.9 Å². The van der Waals surface area contributed by atoms with Crippen LogP contribution in [0.5, 0.6) is 0 Å². The summed E-state index contributed by atoms with van der Waals surface area (Å²) in [5.41, 5.74) is 3.52. The Labute approximate surface area is 120 Å². The number of hydrogen-bond donors (Lipinski definition) is 0. The Kier molecular flexibility index (Phi) is 4.19. The topological polar surface area (TPSA) is 17.8 Å². The highest BCUT2D eigenvalue weighted by Gasteiger charge is 2.22. The highest BCUT2D eigenvalue weighted by molar-refractivity contribution is 6.20. The van der Waals surface area contributed by atoms with Crippen LogP contribution >= 0.6 is 11.6 Å². The maximum Gasteiger partial charge on any atom is 0.127 e. The summed E-state index contributed by atoms with van der Waals surface area (Å²) >= 11 is 6.34. The summed E-state index contributed by atoms with van der Waals surface area (Å²) < 4.78 is 2.35. The Bertz CT molecular complexity index is 569. The molecule has 2 rings (SSSR count). The van der Waals surface area contributed by atoms with E-state index in [1.54, 1.807) is 0 Å². The van der Waals surface area contributed by atoms with Crippen molar-refractivity contribution in [1.29, 1.82) is 0 Å². The van der Waals surface area contributed by atoms with Gasteiger partial charge >= 0.3 is 0 Å². The highest BCUT2D eigenvalue weighted by Crippen LogP contribution is 2.33. The number of nitrogens with zero attached hydrogens (tertiary/aromatic N) is 2. The first kappa shape index (κ1) is 14.4. The van der Waals surface area contributed by atoms with Gasteiger partial charge in [-0.05, 0) is 43.9 Å². The van der Waals surface area contributed by atoms with Gasteiger partial charge in [0, 0.05) is 6.04 Å². The molecule has 0 fully saturated rings. The molecule has 2 atom stereocenters. The van der Waals surface area contributed by atoms with E-state index in [-0.39, 0.29) is 5.38 Å². The van der Waals surface area contributed by atoms with Gasteiger partial charge in [-0.3, -0.25) is 0 Å². The summed E-state index contributed by atoms with van der Waals surface area (Å²) in [6, 6.07) is 6.87. The van der Waals surface area contributed by atoms with Crippen LogP contribution in [0.3, 0.4) is 0 Å². The van der Waals surface area contributed by atoms with Gasteiger partial charge in [0.25, 0.3) is 0 Å². The smallest absolute Gasteiger partial charge is 0.127 e. The second kappa shape index (κ2) is 5.54. The second-order valence-electron chi connectivity index (χ2n) is 5.67. The summed E-state index contributed by atoms with van der Waals surface area (Å²) in [7, 11) is 0. The number of hydrogen-bond acceptors (Lipinski definition) is 1. The van der Waals surface area contributed by atoms with Crippen molar-refractivity contribution in [3.63, 3.8) is 0 Å². The van der Waals surface area contributed by atoms with E-state index in [2.05, 4.69) is 50.5 Å². The number of alkyl halides is 1. The lowest BCUT2D eigenvalue weighted by molar-refractivity contribution is 0.364. The van der Waals surface area contributed by atoms with Crippen LogP contribution in [0.25, 0.3) is 11.0 Å². The van der Waals surface area contributed by atoms with Gasteiger partial charge in [0.05, 0.1) is 16.4 Å². The first-order valence-electron chi connectivity index (χ1n) is 7.08. The third kappa shape index (κ3) is 2.64. The molecule has 1 aromatic heterocycles. The monoisotopic (exact) mass is 278 g/mol. The zero-order valence-corrected chi connectivity index (χ0v) is 13.2. The van der Waals surface area contributed by atoms with E-state index in [1.165, 1.54) is 11.1 Å². The Hall–Kier alpha value is -1.02. The van der Waals surface area contributed by atoms with Gasteiger partial charge in [0.2, 0.25) is 0 Å². The van der Waals surface area contributed by atoms with Crippen LogP contribution < -0.4 is 0 Å². The van der Waals surface area contributed by atoms with Crippen LogP contribution in [-0.4, -0.2) is 9.55 Å². The van der Waals surface area contributed by atoms with Crippen molar-refractivity contribution in [3.05, 3.63) is 29.6 Å². The summed E-state index contributed by atoms with van der Waals surface area (Å²) in [6.07, 6.45) is 1.09. The molecule has 2 aromatic rings. The molecule has 0 aliphatic heterocycles. The van der Waals surface area contributed by atoms with Crippen molar-refractivity contribution in [3.8, 4) is 0 Å². The standard InChI is InChI=1S/C16H23ClN2/c1-6-14(10(2)3)19-15-9-11(4)7-8-13(15)18-16(19)12(5)17/h7-10,12,14H,6H2,1-5H3. The SMILES string of the molecule is CCC(C(C)C)n1c(C(C)Cl)nc2ccc(C)cc21. The molecular weight excluding hydrogens is 256 g/mol. The quantitative estimate of drug-likeness (QED) is 0.698. The summed E-state index contributed by atoms with van der Waals surface area (Å²) in [5.74, 6) is 1.56. The molecule has 0 aliphatic rings. The number of imidazole rings is 1. The van der Waals surface area contributed by atoms with Crippen LogP contribution in [0, 0.1) is 12.8 Å². The van der Waals surface area contributed by atoms with Gasteiger partial charge in [-0.1, -0.05) is 26.8 Å². The van der Waals surface area contributed by atoms with Crippen molar-refractivity contribution >= 4 is 22.6 Å². The molecule has 3 heteroatoms. The highest BCUT2D eigenvalue weighted by atomic mass is 35.5. The second-order valence-corrected chi connectivity index (χ2v) is 6.32. The molecule has 0 radical (unpaired) electrons.